The summed E-state index contributed by atoms with van der Waals surface area (Å²) >= 11 is 0. The minimum atomic E-state index is 0.194. The van der Waals surface area contributed by atoms with Gasteiger partial charge < -0.3 is 4.74 Å². The van der Waals surface area contributed by atoms with Gasteiger partial charge in [-0.25, -0.2) is 0 Å². The predicted molar refractivity (Wildman–Crippen MR) is 63.9 cm³/mol. The molecule has 0 bridgehead atoms. The van der Waals surface area contributed by atoms with Crippen molar-refractivity contribution < 1.29 is 4.74 Å². The Balaban J connectivity index is 2.16. The van der Waals surface area contributed by atoms with Crippen LogP contribution < -0.4 is 0 Å². The van der Waals surface area contributed by atoms with Crippen molar-refractivity contribution in [3.63, 3.8) is 0 Å². The fraction of sp³-hybridized carbons (Fsp3) is 0.857. The van der Waals surface area contributed by atoms with Gasteiger partial charge in [-0.05, 0) is 38.0 Å². The molecule has 0 N–H and O–H groups in total. The summed E-state index contributed by atoms with van der Waals surface area (Å²) < 4.78 is 6.17. The quantitative estimate of drug-likeness (QED) is 0.625. The summed E-state index contributed by atoms with van der Waals surface area (Å²) in [5, 5.41) is 0. The standard InChI is InChI=1S/C14H24O/c1-4-14(5-2)10-13(11-15-14)9-7-6-8-12(13)3/h6,8,12H,4-5,7,9-11H2,1-3H3. The molecule has 0 radical (unpaired) electrons. The first kappa shape index (κ1) is 11.2. The zero-order valence-electron chi connectivity index (χ0n) is 10.4. The van der Waals surface area contributed by atoms with E-state index in [0.717, 1.165) is 6.61 Å². The molecule has 86 valence electrons. The van der Waals surface area contributed by atoms with Crippen molar-refractivity contribution in [2.24, 2.45) is 11.3 Å². The lowest BCUT2D eigenvalue weighted by molar-refractivity contribution is -0.00613. The molecule has 1 fully saturated rings. The average molecular weight is 208 g/mol. The van der Waals surface area contributed by atoms with Crippen LogP contribution in [-0.2, 0) is 4.74 Å². The smallest absolute Gasteiger partial charge is 0.0684 e. The molecule has 0 amide bonds. The maximum absolute atomic E-state index is 6.17. The van der Waals surface area contributed by atoms with Gasteiger partial charge >= 0.3 is 0 Å². The Morgan fingerprint density at radius 3 is 2.60 bits per heavy atom. The second-order valence-corrected chi connectivity index (χ2v) is 5.47. The van der Waals surface area contributed by atoms with E-state index in [0.29, 0.717) is 11.3 Å². The van der Waals surface area contributed by atoms with Crippen molar-refractivity contribution in [2.45, 2.75) is 58.5 Å². The molecule has 2 atom stereocenters. The molecule has 2 aliphatic rings. The fourth-order valence-corrected chi connectivity index (χ4v) is 3.30. The Kier molecular flexibility index (Phi) is 2.94. The van der Waals surface area contributed by atoms with Gasteiger partial charge in [-0.15, -0.1) is 0 Å². The Morgan fingerprint density at radius 1 is 1.33 bits per heavy atom. The number of ether oxygens (including phenoxy) is 1. The van der Waals surface area contributed by atoms with Gasteiger partial charge in [0.2, 0.25) is 0 Å². The largest absolute Gasteiger partial charge is 0.374 e. The molecule has 1 heterocycles. The first-order valence-corrected chi connectivity index (χ1v) is 6.47. The zero-order valence-corrected chi connectivity index (χ0v) is 10.4. The molecular formula is C14H24O. The van der Waals surface area contributed by atoms with Crippen molar-refractivity contribution in [3.05, 3.63) is 12.2 Å². The molecule has 2 unspecified atom stereocenters. The van der Waals surface area contributed by atoms with Crippen molar-refractivity contribution in [1.82, 2.24) is 0 Å². The number of hydrogen-bond acceptors (Lipinski definition) is 1. The summed E-state index contributed by atoms with van der Waals surface area (Å²) in [6.45, 7) is 7.89. The molecule has 1 heteroatoms. The highest BCUT2D eigenvalue weighted by atomic mass is 16.5. The summed E-state index contributed by atoms with van der Waals surface area (Å²) in [5.41, 5.74) is 0.653. The molecule has 1 spiro atoms. The Labute approximate surface area is 93.9 Å². The Bertz CT molecular complexity index is 252. The highest BCUT2D eigenvalue weighted by Gasteiger charge is 2.49. The normalized spacial score (nSPS) is 38.7. The number of allylic oxidation sites excluding steroid dienone is 2. The monoisotopic (exact) mass is 208 g/mol. The molecule has 0 aromatic heterocycles. The van der Waals surface area contributed by atoms with Crippen molar-refractivity contribution in [1.29, 1.82) is 0 Å². The third-order valence-corrected chi connectivity index (χ3v) is 4.83. The number of hydrogen-bond donors (Lipinski definition) is 0. The molecule has 2 rings (SSSR count). The first-order chi connectivity index (χ1) is 7.16. The first-order valence-electron chi connectivity index (χ1n) is 6.47. The van der Waals surface area contributed by atoms with Gasteiger partial charge in [-0.3, -0.25) is 0 Å². The second kappa shape index (κ2) is 3.93. The maximum atomic E-state index is 6.17. The highest BCUT2D eigenvalue weighted by Crippen LogP contribution is 2.52. The highest BCUT2D eigenvalue weighted by molar-refractivity contribution is 5.08. The van der Waals surface area contributed by atoms with E-state index in [1.165, 1.54) is 32.1 Å². The van der Waals surface area contributed by atoms with Gasteiger partial charge in [-0.2, -0.15) is 0 Å². The van der Waals surface area contributed by atoms with Crippen LogP contribution in [0.2, 0.25) is 0 Å². The minimum absolute atomic E-state index is 0.194. The predicted octanol–water partition coefficient (Wildman–Crippen LogP) is 3.94. The van der Waals surface area contributed by atoms with E-state index in [1.54, 1.807) is 0 Å². The third-order valence-electron chi connectivity index (χ3n) is 4.83. The molecule has 1 aliphatic carbocycles. The molecule has 0 saturated carbocycles. The van der Waals surface area contributed by atoms with Crippen LogP contribution in [0.1, 0.15) is 52.9 Å². The molecule has 0 aromatic carbocycles. The van der Waals surface area contributed by atoms with Crippen LogP contribution in [0.3, 0.4) is 0 Å². The fourth-order valence-electron chi connectivity index (χ4n) is 3.30. The van der Waals surface area contributed by atoms with E-state index >= 15 is 0 Å². The topological polar surface area (TPSA) is 9.23 Å². The van der Waals surface area contributed by atoms with Gasteiger partial charge in [0, 0.05) is 5.41 Å². The summed E-state index contributed by atoms with van der Waals surface area (Å²) in [5.74, 6) is 0.700. The summed E-state index contributed by atoms with van der Waals surface area (Å²) in [7, 11) is 0. The van der Waals surface area contributed by atoms with Gasteiger partial charge in [0.15, 0.2) is 0 Å². The zero-order chi connectivity index (χ0) is 10.9. The number of rotatable bonds is 2. The lowest BCUT2D eigenvalue weighted by Gasteiger charge is -2.36. The average Bonchev–Trinajstić information content (AvgIpc) is 2.64. The van der Waals surface area contributed by atoms with Crippen LogP contribution in [0.5, 0.6) is 0 Å². The van der Waals surface area contributed by atoms with E-state index in [4.69, 9.17) is 4.74 Å². The van der Waals surface area contributed by atoms with Crippen LogP contribution in [0.4, 0.5) is 0 Å². The van der Waals surface area contributed by atoms with Gasteiger partial charge in [-0.1, -0.05) is 32.9 Å². The molecular weight excluding hydrogens is 184 g/mol. The van der Waals surface area contributed by atoms with Gasteiger partial charge in [0.1, 0.15) is 0 Å². The Morgan fingerprint density at radius 2 is 2.07 bits per heavy atom. The van der Waals surface area contributed by atoms with Crippen molar-refractivity contribution in [2.75, 3.05) is 6.61 Å². The summed E-state index contributed by atoms with van der Waals surface area (Å²) in [6, 6.07) is 0. The summed E-state index contributed by atoms with van der Waals surface area (Å²) in [4.78, 5) is 0. The SMILES string of the molecule is CCC1(CC)CC2(CCC=CC2C)CO1. The molecule has 1 nitrogen and oxygen atoms in total. The molecule has 1 aliphatic heterocycles. The Hall–Kier alpha value is -0.300. The van der Waals surface area contributed by atoms with Crippen LogP contribution in [0.15, 0.2) is 12.2 Å². The van der Waals surface area contributed by atoms with Crippen LogP contribution in [0, 0.1) is 11.3 Å². The van der Waals surface area contributed by atoms with Crippen LogP contribution >= 0.6 is 0 Å². The van der Waals surface area contributed by atoms with Crippen molar-refractivity contribution in [3.8, 4) is 0 Å². The van der Waals surface area contributed by atoms with Crippen LogP contribution in [-0.4, -0.2) is 12.2 Å². The van der Waals surface area contributed by atoms with Gasteiger partial charge in [0.05, 0.1) is 12.2 Å². The summed E-state index contributed by atoms with van der Waals surface area (Å²) in [6.07, 6.45) is 10.9. The lowest BCUT2D eigenvalue weighted by atomic mass is 9.66. The third kappa shape index (κ3) is 1.75. The van der Waals surface area contributed by atoms with E-state index in [9.17, 15) is 0 Å². The molecule has 15 heavy (non-hydrogen) atoms. The van der Waals surface area contributed by atoms with Gasteiger partial charge in [0.25, 0.3) is 0 Å². The second-order valence-electron chi connectivity index (χ2n) is 5.47. The van der Waals surface area contributed by atoms with E-state index in [2.05, 4.69) is 32.9 Å². The maximum Gasteiger partial charge on any atom is 0.0684 e. The van der Waals surface area contributed by atoms with Crippen molar-refractivity contribution >= 4 is 0 Å². The van der Waals surface area contributed by atoms with E-state index in [-0.39, 0.29) is 5.60 Å². The minimum Gasteiger partial charge on any atom is -0.374 e. The molecule has 1 saturated heterocycles. The lowest BCUT2D eigenvalue weighted by Crippen LogP contribution is -2.33. The van der Waals surface area contributed by atoms with E-state index in [1.807, 2.05) is 0 Å². The van der Waals surface area contributed by atoms with Crippen LogP contribution in [0.25, 0.3) is 0 Å². The van der Waals surface area contributed by atoms with E-state index < -0.39 is 0 Å². The molecule has 0 aromatic rings.